The summed E-state index contributed by atoms with van der Waals surface area (Å²) in [5.74, 6) is 1.68. The number of ether oxygens (including phenoxy) is 1. The molecule has 0 saturated carbocycles. The molecular formula is C24H32N4O2. The van der Waals surface area contributed by atoms with Gasteiger partial charge >= 0.3 is 0 Å². The van der Waals surface area contributed by atoms with E-state index in [1.165, 1.54) is 5.69 Å². The quantitative estimate of drug-likeness (QED) is 0.689. The van der Waals surface area contributed by atoms with Gasteiger partial charge in [-0.2, -0.15) is 5.10 Å². The van der Waals surface area contributed by atoms with Gasteiger partial charge in [-0.05, 0) is 62.0 Å². The highest BCUT2D eigenvalue weighted by Gasteiger charge is 2.34. The number of hydrogen-bond acceptors (Lipinski definition) is 4. The van der Waals surface area contributed by atoms with Crippen molar-refractivity contribution in [3.05, 3.63) is 59.9 Å². The molecule has 1 atom stereocenters. The van der Waals surface area contributed by atoms with Crippen LogP contribution in [0.5, 0.6) is 5.75 Å². The molecule has 0 radical (unpaired) electrons. The third kappa shape index (κ3) is 4.75. The normalized spacial score (nSPS) is 21.1. The summed E-state index contributed by atoms with van der Waals surface area (Å²) in [6.07, 6.45) is 9.23. The molecule has 1 fully saturated rings. The maximum absolute atomic E-state index is 13.4. The van der Waals surface area contributed by atoms with E-state index in [1.807, 2.05) is 41.0 Å². The number of methoxy groups -OCH3 is 1. The monoisotopic (exact) mass is 408 g/mol. The number of hydrogen-bond donors (Lipinski definition) is 0. The van der Waals surface area contributed by atoms with Gasteiger partial charge in [0.2, 0.25) is 5.91 Å². The maximum Gasteiger partial charge on any atom is 0.226 e. The maximum atomic E-state index is 13.4. The van der Waals surface area contributed by atoms with Crippen LogP contribution in [-0.4, -0.2) is 52.2 Å². The van der Waals surface area contributed by atoms with Crippen LogP contribution >= 0.6 is 0 Å². The van der Waals surface area contributed by atoms with Gasteiger partial charge in [0.25, 0.3) is 0 Å². The summed E-state index contributed by atoms with van der Waals surface area (Å²) in [6, 6.07) is 10.1. The van der Waals surface area contributed by atoms with Crippen LogP contribution in [0.3, 0.4) is 0 Å². The minimum absolute atomic E-state index is 0.0909. The minimum atomic E-state index is 0.0909. The molecule has 4 rings (SSSR count). The number of nitrogens with zero attached hydrogens (tertiary/aromatic N) is 4. The third-order valence-corrected chi connectivity index (χ3v) is 6.53. The molecule has 2 aromatic rings. The van der Waals surface area contributed by atoms with Crippen molar-refractivity contribution >= 4 is 5.91 Å². The second kappa shape index (κ2) is 9.47. The molecule has 0 aliphatic carbocycles. The van der Waals surface area contributed by atoms with E-state index in [4.69, 9.17) is 4.74 Å². The molecule has 6 nitrogen and oxygen atoms in total. The highest BCUT2D eigenvalue weighted by atomic mass is 16.5. The predicted octanol–water partition coefficient (Wildman–Crippen LogP) is 3.25. The molecule has 160 valence electrons. The van der Waals surface area contributed by atoms with E-state index in [0.717, 1.165) is 50.2 Å². The Balaban J connectivity index is 1.37. The number of aryl methyl sites for hydroxylation is 1. The average Bonchev–Trinajstić information content (AvgIpc) is 3.08. The van der Waals surface area contributed by atoms with Crippen LogP contribution in [0.25, 0.3) is 0 Å². The summed E-state index contributed by atoms with van der Waals surface area (Å²) in [6.45, 7) is 4.34. The van der Waals surface area contributed by atoms with Crippen molar-refractivity contribution < 1.29 is 9.53 Å². The summed E-state index contributed by atoms with van der Waals surface area (Å²) in [5.41, 5.74) is 2.36. The molecule has 0 spiro atoms. The second-order valence-electron chi connectivity index (χ2n) is 8.44. The van der Waals surface area contributed by atoms with E-state index < -0.39 is 0 Å². The van der Waals surface area contributed by atoms with Crippen molar-refractivity contribution in [3.8, 4) is 5.75 Å². The van der Waals surface area contributed by atoms with Crippen molar-refractivity contribution in [2.24, 2.45) is 18.9 Å². The van der Waals surface area contributed by atoms with E-state index >= 15 is 0 Å². The van der Waals surface area contributed by atoms with Gasteiger partial charge in [0.15, 0.2) is 0 Å². The topological polar surface area (TPSA) is 50.6 Å². The Morgan fingerprint density at radius 2 is 1.97 bits per heavy atom. The van der Waals surface area contributed by atoms with Gasteiger partial charge in [0, 0.05) is 38.8 Å². The van der Waals surface area contributed by atoms with Crippen LogP contribution in [0.15, 0.2) is 48.7 Å². The van der Waals surface area contributed by atoms with Gasteiger partial charge < -0.3 is 9.64 Å². The number of aromatic nitrogens is 2. The molecule has 6 heteroatoms. The molecule has 0 N–H and O–H groups in total. The largest absolute Gasteiger partial charge is 0.497 e. The lowest BCUT2D eigenvalue weighted by atomic mass is 9.81. The van der Waals surface area contributed by atoms with Gasteiger partial charge in [0.1, 0.15) is 5.75 Å². The van der Waals surface area contributed by atoms with Crippen LogP contribution in [0.2, 0.25) is 0 Å². The first-order valence-electron chi connectivity index (χ1n) is 10.9. The molecule has 2 aliphatic heterocycles. The summed E-state index contributed by atoms with van der Waals surface area (Å²) >= 11 is 0. The van der Waals surface area contributed by atoms with Gasteiger partial charge in [-0.25, -0.2) is 0 Å². The highest BCUT2D eigenvalue weighted by Crippen LogP contribution is 2.31. The van der Waals surface area contributed by atoms with E-state index in [2.05, 4.69) is 34.3 Å². The van der Waals surface area contributed by atoms with Gasteiger partial charge in [-0.3, -0.25) is 14.4 Å². The fourth-order valence-electron chi connectivity index (χ4n) is 4.70. The Morgan fingerprint density at radius 1 is 1.13 bits per heavy atom. The number of likely N-dealkylation sites (tertiary alicyclic amines) is 1. The van der Waals surface area contributed by atoms with Crippen molar-refractivity contribution in [2.45, 2.75) is 32.4 Å². The molecule has 0 bridgehead atoms. The van der Waals surface area contributed by atoms with E-state index in [9.17, 15) is 4.79 Å². The lowest BCUT2D eigenvalue weighted by Crippen LogP contribution is -2.42. The lowest BCUT2D eigenvalue weighted by Gasteiger charge is -2.36. The molecule has 1 aromatic heterocycles. The molecule has 1 saturated heterocycles. The van der Waals surface area contributed by atoms with Crippen LogP contribution in [0, 0.1) is 11.8 Å². The Bertz CT molecular complexity index is 883. The van der Waals surface area contributed by atoms with Gasteiger partial charge in [-0.15, -0.1) is 0 Å². The van der Waals surface area contributed by atoms with E-state index in [-0.39, 0.29) is 5.92 Å². The number of rotatable bonds is 6. The Kier molecular flexibility index (Phi) is 6.53. The zero-order valence-electron chi connectivity index (χ0n) is 18.0. The Hall–Kier alpha value is -2.60. The first kappa shape index (κ1) is 20.7. The molecule has 30 heavy (non-hydrogen) atoms. The van der Waals surface area contributed by atoms with Crippen molar-refractivity contribution in [3.63, 3.8) is 0 Å². The molecular weight excluding hydrogens is 376 g/mol. The lowest BCUT2D eigenvalue weighted by molar-refractivity contribution is -0.137. The number of allylic oxidation sites excluding steroid dienone is 1. The molecule has 3 heterocycles. The minimum Gasteiger partial charge on any atom is -0.497 e. The smallest absolute Gasteiger partial charge is 0.226 e. The van der Waals surface area contributed by atoms with E-state index in [0.29, 0.717) is 24.9 Å². The predicted molar refractivity (Wildman–Crippen MR) is 117 cm³/mol. The average molecular weight is 409 g/mol. The van der Waals surface area contributed by atoms with Crippen LogP contribution in [0.4, 0.5) is 0 Å². The number of carbonyl (C=O) groups excluding carboxylic acids is 1. The van der Waals surface area contributed by atoms with Crippen LogP contribution in [-0.2, 0) is 24.9 Å². The zero-order valence-corrected chi connectivity index (χ0v) is 18.0. The van der Waals surface area contributed by atoms with Crippen molar-refractivity contribution in [1.29, 1.82) is 0 Å². The van der Waals surface area contributed by atoms with Crippen molar-refractivity contribution in [1.82, 2.24) is 19.6 Å². The number of carbonyl (C=O) groups is 1. The first-order chi connectivity index (χ1) is 14.6. The molecule has 2 aliphatic rings. The SMILES string of the molecule is COc1cccc(CN2CC=CC[C@@H](C3CCN(Cc4ccnn4C)CC3)C2=O)c1. The Labute approximate surface area is 179 Å². The number of benzene rings is 1. The van der Waals surface area contributed by atoms with Gasteiger partial charge in [0.05, 0.1) is 12.8 Å². The standard InChI is InChI=1S/C24H32N4O2/c1-26-21(9-12-25-26)18-27-14-10-20(11-15-27)23-8-3-4-13-28(24(23)29)17-19-6-5-7-22(16-19)30-2/h3-7,9,12,16,20,23H,8,10-11,13-15,17-18H2,1-2H3/t23-/m0/s1. The highest BCUT2D eigenvalue weighted by molar-refractivity contribution is 5.80. The zero-order chi connectivity index (χ0) is 20.9. The number of piperidine rings is 1. The second-order valence-corrected chi connectivity index (χ2v) is 8.44. The summed E-state index contributed by atoms with van der Waals surface area (Å²) in [4.78, 5) is 17.9. The fourth-order valence-corrected chi connectivity index (χ4v) is 4.70. The summed E-state index contributed by atoms with van der Waals surface area (Å²) < 4.78 is 7.29. The van der Waals surface area contributed by atoms with Crippen LogP contribution in [0.1, 0.15) is 30.5 Å². The summed E-state index contributed by atoms with van der Waals surface area (Å²) in [5, 5.41) is 4.27. The molecule has 0 unspecified atom stereocenters. The number of amides is 1. The van der Waals surface area contributed by atoms with Crippen molar-refractivity contribution in [2.75, 3.05) is 26.7 Å². The van der Waals surface area contributed by atoms with E-state index in [1.54, 1.807) is 7.11 Å². The first-order valence-corrected chi connectivity index (χ1v) is 10.9. The third-order valence-electron chi connectivity index (χ3n) is 6.53. The molecule has 1 amide bonds. The van der Waals surface area contributed by atoms with Gasteiger partial charge in [-0.1, -0.05) is 24.3 Å². The Morgan fingerprint density at radius 3 is 2.70 bits per heavy atom. The summed E-state index contributed by atoms with van der Waals surface area (Å²) in [7, 11) is 3.67. The van der Waals surface area contributed by atoms with Crippen LogP contribution < -0.4 is 4.74 Å². The fraction of sp³-hybridized carbons (Fsp3) is 0.500. The molecule has 1 aromatic carbocycles.